The van der Waals surface area contributed by atoms with Gasteiger partial charge in [-0.1, -0.05) is 6.07 Å². The number of nitrogens with two attached hydrogens (primary N) is 1. The fourth-order valence-electron chi connectivity index (χ4n) is 2.24. The third-order valence-corrected chi connectivity index (χ3v) is 3.24. The average Bonchev–Trinajstić information content (AvgIpc) is 2.44. The van der Waals surface area contributed by atoms with Crippen molar-refractivity contribution in [3.63, 3.8) is 0 Å². The molecule has 106 valence electrons. The van der Waals surface area contributed by atoms with Gasteiger partial charge in [-0.15, -0.1) is 0 Å². The summed E-state index contributed by atoms with van der Waals surface area (Å²) in [5.41, 5.74) is 9.96. The summed E-state index contributed by atoms with van der Waals surface area (Å²) in [6.07, 6.45) is 0. The highest BCUT2D eigenvalue weighted by atomic mass is 15.2. The molecule has 0 aliphatic heterocycles. The topological polar surface area (TPSA) is 55.0 Å². The summed E-state index contributed by atoms with van der Waals surface area (Å²) in [6.45, 7) is 8.33. The fraction of sp³-hybridized carbons (Fsp3) is 0.375. The van der Waals surface area contributed by atoms with Gasteiger partial charge in [-0.25, -0.2) is 4.98 Å². The molecule has 0 spiro atoms. The molecule has 4 heteroatoms. The largest absolute Gasteiger partial charge is 0.351 e. The van der Waals surface area contributed by atoms with Gasteiger partial charge in [0.1, 0.15) is 5.82 Å². The van der Waals surface area contributed by atoms with Gasteiger partial charge in [0.25, 0.3) is 0 Å². The number of pyridine rings is 2. The zero-order valence-electron chi connectivity index (χ0n) is 12.4. The molecule has 0 atom stereocenters. The van der Waals surface area contributed by atoms with Gasteiger partial charge in [0.15, 0.2) is 0 Å². The number of hydrogen-bond donors (Lipinski definition) is 1. The minimum Gasteiger partial charge on any atom is -0.351 e. The molecule has 2 rings (SSSR count). The lowest BCUT2D eigenvalue weighted by atomic mass is 10.2. The van der Waals surface area contributed by atoms with Crippen LogP contribution in [-0.2, 0) is 13.1 Å². The van der Waals surface area contributed by atoms with Crippen molar-refractivity contribution in [2.75, 3.05) is 11.4 Å². The molecule has 0 saturated carbocycles. The standard InChI is InChI=1S/C16H22N4/c1-4-20(11-15-7-5-6-12(2)18-15)16-9-14(10-17)8-13(3)19-16/h5-9H,4,10-11,17H2,1-3H3. The molecule has 2 aromatic heterocycles. The van der Waals surface area contributed by atoms with Crippen molar-refractivity contribution in [3.8, 4) is 0 Å². The van der Waals surface area contributed by atoms with Gasteiger partial charge in [0.05, 0.1) is 12.2 Å². The van der Waals surface area contributed by atoms with E-state index >= 15 is 0 Å². The molecule has 2 aromatic rings. The number of aryl methyl sites for hydroxylation is 2. The molecule has 0 aliphatic rings. The number of rotatable bonds is 5. The number of hydrogen-bond acceptors (Lipinski definition) is 4. The molecule has 0 saturated heterocycles. The third-order valence-electron chi connectivity index (χ3n) is 3.24. The first kappa shape index (κ1) is 14.5. The maximum absolute atomic E-state index is 5.74. The van der Waals surface area contributed by atoms with E-state index in [0.717, 1.165) is 41.6 Å². The van der Waals surface area contributed by atoms with Gasteiger partial charge in [-0.2, -0.15) is 0 Å². The highest BCUT2D eigenvalue weighted by Gasteiger charge is 2.09. The lowest BCUT2D eigenvalue weighted by molar-refractivity contribution is 0.786. The van der Waals surface area contributed by atoms with Gasteiger partial charge in [0, 0.05) is 24.5 Å². The number of aromatic nitrogens is 2. The molecule has 4 nitrogen and oxygen atoms in total. The fourth-order valence-corrected chi connectivity index (χ4v) is 2.24. The second kappa shape index (κ2) is 6.48. The third kappa shape index (κ3) is 3.54. The number of nitrogens with zero attached hydrogens (tertiary/aromatic N) is 3. The molecule has 0 unspecified atom stereocenters. The van der Waals surface area contributed by atoms with E-state index in [4.69, 9.17) is 5.73 Å². The predicted octanol–water partition coefficient (Wildman–Crippen LogP) is 2.58. The quantitative estimate of drug-likeness (QED) is 0.907. The monoisotopic (exact) mass is 270 g/mol. The van der Waals surface area contributed by atoms with Crippen molar-refractivity contribution in [2.45, 2.75) is 33.9 Å². The summed E-state index contributed by atoms with van der Waals surface area (Å²) in [6, 6.07) is 10.2. The average molecular weight is 270 g/mol. The first-order valence-electron chi connectivity index (χ1n) is 6.97. The molecular weight excluding hydrogens is 248 g/mol. The Kier molecular flexibility index (Phi) is 4.69. The van der Waals surface area contributed by atoms with E-state index in [1.165, 1.54) is 0 Å². The zero-order chi connectivity index (χ0) is 14.5. The molecule has 0 amide bonds. The Hall–Kier alpha value is -1.94. The van der Waals surface area contributed by atoms with Gasteiger partial charge >= 0.3 is 0 Å². The van der Waals surface area contributed by atoms with Crippen LogP contribution in [0.4, 0.5) is 5.82 Å². The lowest BCUT2D eigenvalue weighted by Crippen LogP contribution is -2.24. The SMILES string of the molecule is CCN(Cc1cccc(C)n1)c1cc(CN)cc(C)n1. The Morgan fingerprint density at radius 1 is 1.10 bits per heavy atom. The van der Waals surface area contributed by atoms with Crippen LogP contribution in [0, 0.1) is 13.8 Å². The maximum Gasteiger partial charge on any atom is 0.129 e. The molecule has 0 aromatic carbocycles. The second-order valence-electron chi connectivity index (χ2n) is 4.96. The normalized spacial score (nSPS) is 10.6. The summed E-state index contributed by atoms with van der Waals surface area (Å²) >= 11 is 0. The Labute approximate surface area is 120 Å². The maximum atomic E-state index is 5.74. The van der Waals surface area contributed by atoms with Crippen LogP contribution in [0.2, 0.25) is 0 Å². The van der Waals surface area contributed by atoms with Crippen molar-refractivity contribution in [2.24, 2.45) is 5.73 Å². The van der Waals surface area contributed by atoms with Crippen LogP contribution >= 0.6 is 0 Å². The van der Waals surface area contributed by atoms with E-state index in [9.17, 15) is 0 Å². The Morgan fingerprint density at radius 2 is 1.90 bits per heavy atom. The molecule has 20 heavy (non-hydrogen) atoms. The minimum atomic E-state index is 0.538. The van der Waals surface area contributed by atoms with Crippen molar-refractivity contribution >= 4 is 5.82 Å². The van der Waals surface area contributed by atoms with Crippen LogP contribution in [0.25, 0.3) is 0 Å². The van der Waals surface area contributed by atoms with E-state index in [0.29, 0.717) is 6.54 Å². The van der Waals surface area contributed by atoms with Crippen LogP contribution in [-0.4, -0.2) is 16.5 Å². The summed E-state index contributed by atoms with van der Waals surface area (Å²) in [4.78, 5) is 11.4. The highest BCUT2D eigenvalue weighted by Crippen LogP contribution is 2.17. The van der Waals surface area contributed by atoms with Gasteiger partial charge < -0.3 is 10.6 Å². The van der Waals surface area contributed by atoms with E-state index < -0.39 is 0 Å². The molecule has 0 bridgehead atoms. The van der Waals surface area contributed by atoms with Crippen LogP contribution in [0.1, 0.15) is 29.6 Å². The highest BCUT2D eigenvalue weighted by molar-refractivity contribution is 5.43. The Morgan fingerprint density at radius 3 is 2.55 bits per heavy atom. The van der Waals surface area contributed by atoms with Crippen molar-refractivity contribution in [3.05, 3.63) is 53.0 Å². The second-order valence-corrected chi connectivity index (χ2v) is 4.96. The first-order valence-corrected chi connectivity index (χ1v) is 6.97. The first-order chi connectivity index (χ1) is 9.62. The smallest absolute Gasteiger partial charge is 0.129 e. The summed E-state index contributed by atoms with van der Waals surface area (Å²) < 4.78 is 0. The Balaban J connectivity index is 2.26. The molecular formula is C16H22N4. The Bertz CT molecular complexity index is 580. The molecule has 2 N–H and O–H groups in total. The van der Waals surface area contributed by atoms with E-state index in [2.05, 4.69) is 33.9 Å². The van der Waals surface area contributed by atoms with Crippen LogP contribution in [0.3, 0.4) is 0 Å². The van der Waals surface area contributed by atoms with Crippen LogP contribution in [0.15, 0.2) is 30.3 Å². The molecule has 0 radical (unpaired) electrons. The summed E-state index contributed by atoms with van der Waals surface area (Å²) in [5.74, 6) is 0.969. The van der Waals surface area contributed by atoms with Crippen molar-refractivity contribution in [1.82, 2.24) is 9.97 Å². The predicted molar refractivity (Wildman–Crippen MR) is 82.6 cm³/mol. The zero-order valence-corrected chi connectivity index (χ0v) is 12.4. The van der Waals surface area contributed by atoms with E-state index in [1.54, 1.807) is 0 Å². The van der Waals surface area contributed by atoms with Crippen LogP contribution in [0.5, 0.6) is 0 Å². The van der Waals surface area contributed by atoms with E-state index in [-0.39, 0.29) is 0 Å². The van der Waals surface area contributed by atoms with Gasteiger partial charge in [0.2, 0.25) is 0 Å². The number of anilines is 1. The van der Waals surface area contributed by atoms with Crippen LogP contribution < -0.4 is 10.6 Å². The molecule has 0 fully saturated rings. The summed E-state index contributed by atoms with van der Waals surface area (Å²) in [5, 5.41) is 0. The summed E-state index contributed by atoms with van der Waals surface area (Å²) in [7, 11) is 0. The lowest BCUT2D eigenvalue weighted by Gasteiger charge is -2.22. The van der Waals surface area contributed by atoms with E-state index in [1.807, 2.05) is 32.0 Å². The minimum absolute atomic E-state index is 0.538. The molecule has 0 aliphatic carbocycles. The van der Waals surface area contributed by atoms with Crippen molar-refractivity contribution in [1.29, 1.82) is 0 Å². The van der Waals surface area contributed by atoms with Gasteiger partial charge in [-0.3, -0.25) is 4.98 Å². The van der Waals surface area contributed by atoms with Crippen molar-refractivity contribution < 1.29 is 0 Å². The molecule has 2 heterocycles. The van der Waals surface area contributed by atoms with Gasteiger partial charge in [-0.05, 0) is 50.6 Å².